The first-order chi connectivity index (χ1) is 13.0. The van der Waals surface area contributed by atoms with E-state index in [1.54, 1.807) is 17.0 Å². The van der Waals surface area contributed by atoms with Crippen LogP contribution in [0.15, 0.2) is 24.3 Å². The zero-order valence-corrected chi connectivity index (χ0v) is 15.3. The minimum Gasteiger partial charge on any atom is -0.355 e. The molecule has 2 aliphatic heterocycles. The third-order valence-corrected chi connectivity index (χ3v) is 5.83. The van der Waals surface area contributed by atoms with Gasteiger partial charge < -0.3 is 19.7 Å². The number of ether oxygens (including phenoxy) is 2. The number of piperidine rings is 1. The van der Waals surface area contributed by atoms with Crippen molar-refractivity contribution in [3.63, 3.8) is 0 Å². The number of likely N-dealkylation sites (tertiary alicyclic amines) is 1. The van der Waals surface area contributed by atoms with Crippen molar-refractivity contribution in [2.45, 2.75) is 37.9 Å². The average Bonchev–Trinajstić information content (AvgIpc) is 3.38. The summed E-state index contributed by atoms with van der Waals surface area (Å²) in [5, 5.41) is 2.89. The summed E-state index contributed by atoms with van der Waals surface area (Å²) in [6, 6.07) is 6.22. The highest BCUT2D eigenvalue weighted by molar-refractivity contribution is 6.07. The molecule has 1 aliphatic carbocycles. The van der Waals surface area contributed by atoms with E-state index in [1.807, 2.05) is 0 Å². The Kier molecular flexibility index (Phi) is 4.90. The fourth-order valence-electron chi connectivity index (χ4n) is 3.94. The topological polar surface area (TPSA) is 67.9 Å². The van der Waals surface area contributed by atoms with Gasteiger partial charge in [0.05, 0.1) is 13.2 Å². The summed E-state index contributed by atoms with van der Waals surface area (Å²) in [6.45, 7) is 2.76. The summed E-state index contributed by atoms with van der Waals surface area (Å²) in [5.41, 5.74) is 0.0517. The van der Waals surface area contributed by atoms with E-state index >= 15 is 0 Å². The molecular formula is C20H25FN2O4. The van der Waals surface area contributed by atoms with Gasteiger partial charge in [-0.15, -0.1) is 0 Å². The molecule has 3 fully saturated rings. The predicted molar refractivity (Wildman–Crippen MR) is 95.2 cm³/mol. The molecule has 4 rings (SSSR count). The molecule has 27 heavy (non-hydrogen) atoms. The summed E-state index contributed by atoms with van der Waals surface area (Å²) in [4.78, 5) is 27.4. The third-order valence-electron chi connectivity index (χ3n) is 5.83. The number of nitrogens with zero attached hydrogens (tertiary/aromatic N) is 1. The molecule has 7 heteroatoms. The molecule has 0 unspecified atom stereocenters. The maximum absolute atomic E-state index is 12.9. The molecule has 2 amide bonds. The smallest absolute Gasteiger partial charge is 0.238 e. The van der Waals surface area contributed by atoms with Crippen LogP contribution in [-0.4, -0.2) is 55.3 Å². The minimum absolute atomic E-state index is 0.0744. The molecule has 1 N–H and O–H groups in total. The van der Waals surface area contributed by atoms with Gasteiger partial charge in [-0.05, 0) is 37.0 Å². The van der Waals surface area contributed by atoms with Gasteiger partial charge in [0.1, 0.15) is 11.2 Å². The zero-order chi connectivity index (χ0) is 18.9. The molecule has 3 aliphatic rings. The maximum atomic E-state index is 12.9. The van der Waals surface area contributed by atoms with Crippen molar-refractivity contribution in [1.29, 1.82) is 0 Å². The van der Waals surface area contributed by atoms with Crippen LogP contribution in [0.4, 0.5) is 4.39 Å². The Balaban J connectivity index is 1.28. The lowest BCUT2D eigenvalue weighted by molar-refractivity contribution is -0.188. The van der Waals surface area contributed by atoms with Gasteiger partial charge in [0.25, 0.3) is 0 Å². The first-order valence-electron chi connectivity index (χ1n) is 9.63. The van der Waals surface area contributed by atoms with Gasteiger partial charge in [0.15, 0.2) is 5.79 Å². The highest BCUT2D eigenvalue weighted by atomic mass is 19.1. The number of hydrogen-bond donors (Lipinski definition) is 1. The van der Waals surface area contributed by atoms with Crippen molar-refractivity contribution in [3.05, 3.63) is 35.6 Å². The van der Waals surface area contributed by atoms with Crippen molar-refractivity contribution in [2.24, 2.45) is 5.41 Å². The molecule has 1 saturated carbocycles. The molecular weight excluding hydrogens is 351 g/mol. The highest BCUT2D eigenvalue weighted by Gasteiger charge is 2.58. The monoisotopic (exact) mass is 376 g/mol. The molecule has 2 heterocycles. The number of rotatable bonds is 5. The van der Waals surface area contributed by atoms with Gasteiger partial charge in [0.2, 0.25) is 11.8 Å². The van der Waals surface area contributed by atoms with Crippen LogP contribution in [0.2, 0.25) is 0 Å². The fraction of sp³-hybridized carbons (Fsp3) is 0.600. The van der Waals surface area contributed by atoms with Crippen LogP contribution in [-0.2, 0) is 25.5 Å². The Bertz CT molecular complexity index is 701. The van der Waals surface area contributed by atoms with Crippen LogP contribution >= 0.6 is 0 Å². The van der Waals surface area contributed by atoms with Gasteiger partial charge >= 0.3 is 0 Å². The first-order valence-corrected chi connectivity index (χ1v) is 9.63. The van der Waals surface area contributed by atoms with E-state index in [9.17, 15) is 14.0 Å². The van der Waals surface area contributed by atoms with Crippen LogP contribution in [0.25, 0.3) is 0 Å². The van der Waals surface area contributed by atoms with Crippen LogP contribution in [0.1, 0.15) is 31.2 Å². The van der Waals surface area contributed by atoms with Gasteiger partial charge in [-0.2, -0.15) is 0 Å². The number of nitrogens with one attached hydrogen (secondary N) is 1. The SMILES string of the molecule is O=C(NCCc1ccc(F)cc1)C1(C(=O)N2CCC3(CC2)OCCO3)CC1. The lowest BCUT2D eigenvalue weighted by Crippen LogP contribution is -2.52. The average molecular weight is 376 g/mol. The van der Waals surface area contributed by atoms with E-state index in [-0.39, 0.29) is 17.6 Å². The highest BCUT2D eigenvalue weighted by Crippen LogP contribution is 2.48. The molecule has 6 nitrogen and oxygen atoms in total. The number of carbonyl (C=O) groups excluding carboxylic acids is 2. The minimum atomic E-state index is -0.898. The summed E-state index contributed by atoms with van der Waals surface area (Å²) >= 11 is 0. The van der Waals surface area contributed by atoms with Crippen LogP contribution in [0.3, 0.4) is 0 Å². The van der Waals surface area contributed by atoms with E-state index in [0.717, 1.165) is 5.56 Å². The van der Waals surface area contributed by atoms with Crippen molar-refractivity contribution >= 4 is 11.8 Å². The molecule has 0 aromatic heterocycles. The van der Waals surface area contributed by atoms with Crippen molar-refractivity contribution < 1.29 is 23.5 Å². The molecule has 1 aromatic rings. The maximum Gasteiger partial charge on any atom is 0.238 e. The second kappa shape index (κ2) is 7.20. The molecule has 1 aromatic carbocycles. The largest absolute Gasteiger partial charge is 0.355 e. The second-order valence-electron chi connectivity index (χ2n) is 7.61. The predicted octanol–water partition coefficient (Wildman–Crippen LogP) is 1.63. The molecule has 146 valence electrons. The molecule has 0 atom stereocenters. The van der Waals surface area contributed by atoms with E-state index < -0.39 is 11.2 Å². The van der Waals surface area contributed by atoms with E-state index in [4.69, 9.17) is 9.47 Å². The quantitative estimate of drug-likeness (QED) is 0.794. The summed E-state index contributed by atoms with van der Waals surface area (Å²) in [6.07, 6.45) is 3.12. The Morgan fingerprint density at radius 3 is 2.26 bits per heavy atom. The van der Waals surface area contributed by atoms with E-state index in [2.05, 4.69) is 5.32 Å². The summed E-state index contributed by atoms with van der Waals surface area (Å²) < 4.78 is 24.3. The Hall–Kier alpha value is -1.99. The number of halogens is 1. The molecule has 0 radical (unpaired) electrons. The number of amides is 2. The van der Waals surface area contributed by atoms with Gasteiger partial charge in [-0.3, -0.25) is 9.59 Å². The molecule has 2 saturated heterocycles. The van der Waals surface area contributed by atoms with Crippen LogP contribution < -0.4 is 5.32 Å². The third kappa shape index (κ3) is 3.71. The Labute approximate surface area is 158 Å². The number of hydrogen-bond acceptors (Lipinski definition) is 4. The standard InChI is InChI=1S/C20H25FN2O4/c21-16-3-1-15(2-4-16)5-10-22-17(24)19(6-7-19)18(25)23-11-8-20(9-12-23)26-13-14-27-20/h1-4H,5-14H2,(H,22,24). The molecule has 0 bridgehead atoms. The lowest BCUT2D eigenvalue weighted by Gasteiger charge is -2.38. The summed E-state index contributed by atoms with van der Waals surface area (Å²) in [7, 11) is 0. The Morgan fingerprint density at radius 2 is 1.67 bits per heavy atom. The van der Waals surface area contributed by atoms with Crippen molar-refractivity contribution in [2.75, 3.05) is 32.8 Å². The number of benzene rings is 1. The van der Waals surface area contributed by atoms with Gasteiger partial charge in [-0.1, -0.05) is 12.1 Å². The lowest BCUT2D eigenvalue weighted by atomic mass is 9.98. The number of carbonyl (C=O) groups is 2. The van der Waals surface area contributed by atoms with Crippen molar-refractivity contribution in [1.82, 2.24) is 10.2 Å². The molecule has 1 spiro atoms. The van der Waals surface area contributed by atoms with E-state index in [0.29, 0.717) is 65.0 Å². The van der Waals surface area contributed by atoms with Crippen molar-refractivity contribution in [3.8, 4) is 0 Å². The normalized spacial score (nSPS) is 22.6. The van der Waals surface area contributed by atoms with Gasteiger partial charge in [-0.25, -0.2) is 4.39 Å². The summed E-state index contributed by atoms with van der Waals surface area (Å²) in [5.74, 6) is -1.06. The first kappa shape index (κ1) is 18.4. The zero-order valence-electron chi connectivity index (χ0n) is 15.3. The van der Waals surface area contributed by atoms with E-state index in [1.165, 1.54) is 12.1 Å². The van der Waals surface area contributed by atoms with Gasteiger partial charge in [0, 0.05) is 32.5 Å². The van der Waals surface area contributed by atoms with Crippen LogP contribution in [0.5, 0.6) is 0 Å². The van der Waals surface area contributed by atoms with Crippen LogP contribution in [0, 0.1) is 11.2 Å². The second-order valence-corrected chi connectivity index (χ2v) is 7.61. The fourth-order valence-corrected chi connectivity index (χ4v) is 3.94. The Morgan fingerprint density at radius 1 is 1.04 bits per heavy atom.